The van der Waals surface area contributed by atoms with Crippen LogP contribution in [0.4, 0.5) is 5.82 Å². The lowest BCUT2D eigenvalue weighted by Gasteiger charge is -2.17. The summed E-state index contributed by atoms with van der Waals surface area (Å²) in [6, 6.07) is 11.4. The van der Waals surface area contributed by atoms with Crippen LogP contribution in [0.1, 0.15) is 11.3 Å². The molecular formula is C17H15ClN4O. The van der Waals surface area contributed by atoms with Crippen LogP contribution in [0.5, 0.6) is 5.75 Å². The van der Waals surface area contributed by atoms with Gasteiger partial charge in [0.1, 0.15) is 10.9 Å². The van der Waals surface area contributed by atoms with Crippen molar-refractivity contribution < 1.29 is 4.74 Å². The van der Waals surface area contributed by atoms with Crippen molar-refractivity contribution in [3.05, 3.63) is 52.8 Å². The van der Waals surface area contributed by atoms with Crippen molar-refractivity contribution in [3.8, 4) is 18.1 Å². The lowest BCUT2D eigenvalue weighted by molar-refractivity contribution is 0.414. The molecule has 0 saturated carbocycles. The Labute approximate surface area is 139 Å². The van der Waals surface area contributed by atoms with Gasteiger partial charge < -0.3 is 9.64 Å². The Morgan fingerprint density at radius 1 is 1.26 bits per heavy atom. The van der Waals surface area contributed by atoms with Crippen LogP contribution >= 0.6 is 11.6 Å². The molecule has 116 valence electrons. The standard InChI is InChI=1S/C17H15ClN4O/c1-4-14-17(19-16-10-9-15(18)20-22(14)16)21(2)11-12-5-7-13(23-3)8-6-12/h1,5-10H,11H2,2-3H3. The van der Waals surface area contributed by atoms with E-state index in [4.69, 9.17) is 22.8 Å². The molecule has 1 aromatic carbocycles. The lowest BCUT2D eigenvalue weighted by Crippen LogP contribution is -2.18. The molecule has 0 aliphatic rings. The van der Waals surface area contributed by atoms with E-state index in [1.54, 1.807) is 23.8 Å². The van der Waals surface area contributed by atoms with Crippen LogP contribution in [0.3, 0.4) is 0 Å². The van der Waals surface area contributed by atoms with E-state index in [2.05, 4.69) is 16.0 Å². The minimum Gasteiger partial charge on any atom is -0.497 e. The molecule has 0 atom stereocenters. The van der Waals surface area contributed by atoms with Crippen LogP contribution in [0, 0.1) is 12.3 Å². The number of hydrogen-bond acceptors (Lipinski definition) is 4. The number of anilines is 1. The molecule has 0 N–H and O–H groups in total. The second-order valence-electron chi connectivity index (χ2n) is 5.06. The van der Waals surface area contributed by atoms with Crippen molar-refractivity contribution in [2.75, 3.05) is 19.1 Å². The van der Waals surface area contributed by atoms with Crippen LogP contribution in [0.25, 0.3) is 5.65 Å². The third-order valence-corrected chi connectivity index (χ3v) is 3.71. The fraction of sp³-hybridized carbons (Fsp3) is 0.176. The topological polar surface area (TPSA) is 42.7 Å². The predicted molar refractivity (Wildman–Crippen MR) is 91.0 cm³/mol. The van der Waals surface area contributed by atoms with Crippen molar-refractivity contribution >= 4 is 23.1 Å². The number of fused-ring (bicyclic) bond motifs is 1. The molecule has 0 spiro atoms. The molecule has 5 nitrogen and oxygen atoms in total. The highest BCUT2D eigenvalue weighted by molar-refractivity contribution is 6.29. The van der Waals surface area contributed by atoms with Crippen molar-refractivity contribution in [1.29, 1.82) is 0 Å². The van der Waals surface area contributed by atoms with E-state index in [9.17, 15) is 0 Å². The first-order chi connectivity index (χ1) is 11.1. The molecule has 23 heavy (non-hydrogen) atoms. The highest BCUT2D eigenvalue weighted by Crippen LogP contribution is 2.22. The van der Waals surface area contributed by atoms with E-state index < -0.39 is 0 Å². The van der Waals surface area contributed by atoms with Crippen molar-refractivity contribution in [1.82, 2.24) is 14.6 Å². The first kappa shape index (κ1) is 15.2. The van der Waals surface area contributed by atoms with Crippen LogP contribution in [0.2, 0.25) is 5.15 Å². The third kappa shape index (κ3) is 2.94. The predicted octanol–water partition coefficient (Wildman–Crippen LogP) is 3.01. The number of aromatic nitrogens is 3. The minimum atomic E-state index is 0.371. The van der Waals surface area contributed by atoms with Crippen LogP contribution in [0.15, 0.2) is 36.4 Å². The molecule has 0 unspecified atom stereocenters. The summed E-state index contributed by atoms with van der Waals surface area (Å²) in [6.45, 7) is 0.663. The molecule has 2 heterocycles. The van der Waals surface area contributed by atoms with Gasteiger partial charge in [-0.05, 0) is 35.7 Å². The maximum Gasteiger partial charge on any atom is 0.165 e. The molecule has 0 aliphatic carbocycles. The number of methoxy groups -OCH3 is 1. The Balaban J connectivity index is 1.93. The molecule has 0 amide bonds. The summed E-state index contributed by atoms with van der Waals surface area (Å²) in [7, 11) is 3.59. The lowest BCUT2D eigenvalue weighted by atomic mass is 10.2. The van der Waals surface area contributed by atoms with E-state index >= 15 is 0 Å². The van der Waals surface area contributed by atoms with Gasteiger partial charge in [-0.1, -0.05) is 23.7 Å². The summed E-state index contributed by atoms with van der Waals surface area (Å²) in [5.41, 5.74) is 2.37. The van der Waals surface area contributed by atoms with Crippen LogP contribution in [-0.2, 0) is 6.54 Å². The number of ether oxygens (including phenoxy) is 1. The number of benzene rings is 1. The average Bonchev–Trinajstić information content (AvgIpc) is 2.93. The van der Waals surface area contributed by atoms with Crippen molar-refractivity contribution in [2.24, 2.45) is 0 Å². The number of hydrogen-bond donors (Lipinski definition) is 0. The second-order valence-corrected chi connectivity index (χ2v) is 5.45. The average molecular weight is 327 g/mol. The van der Waals surface area contributed by atoms with E-state index in [0.29, 0.717) is 28.9 Å². The number of terminal acetylenes is 1. The molecule has 0 fully saturated rings. The van der Waals surface area contributed by atoms with Gasteiger partial charge in [-0.25, -0.2) is 9.50 Å². The maximum atomic E-state index is 5.94. The van der Waals surface area contributed by atoms with Gasteiger partial charge in [-0.15, -0.1) is 6.42 Å². The molecule has 3 aromatic rings. The first-order valence-corrected chi connectivity index (χ1v) is 7.36. The van der Waals surface area contributed by atoms with Gasteiger partial charge in [-0.2, -0.15) is 5.10 Å². The van der Waals surface area contributed by atoms with Crippen molar-refractivity contribution in [2.45, 2.75) is 6.54 Å². The van der Waals surface area contributed by atoms with Gasteiger partial charge in [0, 0.05) is 13.6 Å². The summed E-state index contributed by atoms with van der Waals surface area (Å²) in [5.74, 6) is 4.17. The summed E-state index contributed by atoms with van der Waals surface area (Å²) in [6.07, 6.45) is 5.64. The molecular weight excluding hydrogens is 312 g/mol. The summed E-state index contributed by atoms with van der Waals surface area (Å²) in [5, 5.41) is 4.58. The normalized spacial score (nSPS) is 10.5. The van der Waals surface area contributed by atoms with Gasteiger partial charge in [-0.3, -0.25) is 0 Å². The Morgan fingerprint density at radius 2 is 2.00 bits per heavy atom. The zero-order valence-electron chi connectivity index (χ0n) is 12.8. The largest absolute Gasteiger partial charge is 0.497 e. The number of halogens is 1. The molecule has 0 bridgehead atoms. The molecule has 0 aliphatic heterocycles. The minimum absolute atomic E-state index is 0.371. The molecule has 6 heteroatoms. The van der Waals surface area contributed by atoms with Crippen molar-refractivity contribution in [3.63, 3.8) is 0 Å². The number of nitrogens with zero attached hydrogens (tertiary/aromatic N) is 4. The Kier molecular flexibility index (Phi) is 4.09. The molecule has 0 radical (unpaired) electrons. The Hall–Kier alpha value is -2.71. The van der Waals surface area contributed by atoms with E-state index in [-0.39, 0.29) is 0 Å². The van der Waals surface area contributed by atoms with Crippen LogP contribution in [-0.4, -0.2) is 28.8 Å². The zero-order chi connectivity index (χ0) is 16.4. The summed E-state index contributed by atoms with van der Waals surface area (Å²) >= 11 is 5.94. The third-order valence-electron chi connectivity index (χ3n) is 3.50. The Morgan fingerprint density at radius 3 is 2.65 bits per heavy atom. The maximum absolute atomic E-state index is 5.94. The summed E-state index contributed by atoms with van der Waals surface area (Å²) in [4.78, 5) is 6.54. The highest BCUT2D eigenvalue weighted by atomic mass is 35.5. The van der Waals surface area contributed by atoms with Gasteiger partial charge in [0.15, 0.2) is 17.2 Å². The van der Waals surface area contributed by atoms with E-state index in [1.807, 2.05) is 36.2 Å². The zero-order valence-corrected chi connectivity index (χ0v) is 13.6. The smallest absolute Gasteiger partial charge is 0.165 e. The Bertz CT molecular complexity index is 880. The van der Waals surface area contributed by atoms with E-state index in [1.165, 1.54) is 0 Å². The highest BCUT2D eigenvalue weighted by Gasteiger charge is 2.16. The fourth-order valence-electron chi connectivity index (χ4n) is 2.37. The molecule has 3 rings (SSSR count). The number of imidazole rings is 1. The van der Waals surface area contributed by atoms with Gasteiger partial charge >= 0.3 is 0 Å². The van der Waals surface area contributed by atoms with Gasteiger partial charge in [0.05, 0.1) is 7.11 Å². The second kappa shape index (κ2) is 6.19. The quantitative estimate of drug-likeness (QED) is 0.691. The van der Waals surface area contributed by atoms with Gasteiger partial charge in [0.25, 0.3) is 0 Å². The SMILES string of the molecule is C#Cc1c(N(C)Cc2ccc(OC)cc2)nc2ccc(Cl)nn12. The monoisotopic (exact) mass is 326 g/mol. The number of rotatable bonds is 4. The first-order valence-electron chi connectivity index (χ1n) is 6.98. The van der Waals surface area contributed by atoms with E-state index in [0.717, 1.165) is 11.3 Å². The van der Waals surface area contributed by atoms with Crippen LogP contribution < -0.4 is 9.64 Å². The summed E-state index contributed by atoms with van der Waals surface area (Å²) < 4.78 is 6.76. The molecule has 2 aromatic heterocycles. The van der Waals surface area contributed by atoms with Gasteiger partial charge in [0.2, 0.25) is 0 Å². The fourth-order valence-corrected chi connectivity index (χ4v) is 2.51. The molecule has 0 saturated heterocycles.